The van der Waals surface area contributed by atoms with Crippen molar-refractivity contribution in [2.75, 3.05) is 33.4 Å². The number of rotatable bonds is 4. The van der Waals surface area contributed by atoms with Crippen LogP contribution in [-0.4, -0.2) is 60.9 Å². The van der Waals surface area contributed by atoms with Gasteiger partial charge in [0.05, 0.1) is 24.0 Å². The van der Waals surface area contributed by atoms with Crippen LogP contribution in [0.25, 0.3) is 0 Å². The van der Waals surface area contributed by atoms with Gasteiger partial charge in [0, 0.05) is 32.7 Å². The summed E-state index contributed by atoms with van der Waals surface area (Å²) >= 11 is 0. The van der Waals surface area contributed by atoms with Crippen LogP contribution in [0.1, 0.15) is 32.1 Å². The van der Waals surface area contributed by atoms with E-state index in [9.17, 15) is 14.7 Å². The molecule has 1 amide bonds. The molecule has 0 bridgehead atoms. The molecule has 2 aliphatic heterocycles. The minimum Gasteiger partial charge on any atom is -0.481 e. The Morgan fingerprint density at radius 3 is 2.67 bits per heavy atom. The van der Waals surface area contributed by atoms with Crippen molar-refractivity contribution >= 4 is 11.9 Å². The number of carbonyl (C=O) groups excluding carboxylic acids is 1. The molecule has 6 nitrogen and oxygen atoms in total. The molecule has 2 saturated heterocycles. The summed E-state index contributed by atoms with van der Waals surface area (Å²) in [4.78, 5) is 26.0. The first kappa shape index (κ1) is 14.8. The summed E-state index contributed by atoms with van der Waals surface area (Å²) in [6.07, 6.45) is 3.79. The number of aliphatic carboxylic acids is 1. The largest absolute Gasteiger partial charge is 0.481 e. The van der Waals surface area contributed by atoms with E-state index in [2.05, 4.69) is 0 Å². The summed E-state index contributed by atoms with van der Waals surface area (Å²) in [6, 6.07) is 0. The number of carbonyl (C=O) groups is 2. The lowest BCUT2D eigenvalue weighted by Gasteiger charge is -2.40. The van der Waals surface area contributed by atoms with Gasteiger partial charge in [-0.05, 0) is 25.7 Å². The van der Waals surface area contributed by atoms with E-state index in [1.807, 2.05) is 0 Å². The lowest BCUT2D eigenvalue weighted by molar-refractivity contribution is -0.157. The summed E-state index contributed by atoms with van der Waals surface area (Å²) in [6.45, 7) is 1.71. The van der Waals surface area contributed by atoms with Crippen LogP contribution in [0, 0.1) is 11.3 Å². The molecule has 0 aromatic rings. The third-order valence-electron chi connectivity index (χ3n) is 5.66. The SMILES string of the molecule is COC1(CC(=O)N2C[C@H]3COCC[C@@]3(C(=O)O)C2)CCC1. The van der Waals surface area contributed by atoms with Crippen LogP contribution in [0.5, 0.6) is 0 Å². The van der Waals surface area contributed by atoms with Crippen LogP contribution < -0.4 is 0 Å². The highest BCUT2D eigenvalue weighted by molar-refractivity contribution is 5.82. The van der Waals surface area contributed by atoms with Crippen LogP contribution in [0.15, 0.2) is 0 Å². The first-order valence-corrected chi connectivity index (χ1v) is 7.65. The Balaban J connectivity index is 1.70. The quantitative estimate of drug-likeness (QED) is 0.834. The number of likely N-dealkylation sites (tertiary alicyclic amines) is 1. The lowest BCUT2D eigenvalue weighted by Crippen LogP contribution is -2.46. The second kappa shape index (κ2) is 5.25. The van der Waals surface area contributed by atoms with Crippen molar-refractivity contribution in [3.8, 4) is 0 Å². The van der Waals surface area contributed by atoms with Gasteiger partial charge in [0.2, 0.25) is 5.91 Å². The van der Waals surface area contributed by atoms with Gasteiger partial charge < -0.3 is 19.5 Å². The number of ether oxygens (including phenoxy) is 2. The van der Waals surface area contributed by atoms with Crippen molar-refractivity contribution in [2.24, 2.45) is 11.3 Å². The molecule has 0 aromatic carbocycles. The van der Waals surface area contributed by atoms with Crippen molar-refractivity contribution in [1.29, 1.82) is 0 Å². The van der Waals surface area contributed by atoms with E-state index >= 15 is 0 Å². The first-order chi connectivity index (χ1) is 10.0. The smallest absolute Gasteiger partial charge is 0.311 e. The molecule has 3 fully saturated rings. The Bertz CT molecular complexity index is 442. The summed E-state index contributed by atoms with van der Waals surface area (Å²) in [5.41, 5.74) is -1.12. The van der Waals surface area contributed by atoms with Crippen molar-refractivity contribution in [2.45, 2.75) is 37.7 Å². The van der Waals surface area contributed by atoms with Crippen molar-refractivity contribution in [3.63, 3.8) is 0 Å². The zero-order valence-electron chi connectivity index (χ0n) is 12.5. The number of hydrogen-bond acceptors (Lipinski definition) is 4. The number of hydrogen-bond donors (Lipinski definition) is 1. The van der Waals surface area contributed by atoms with E-state index in [1.165, 1.54) is 0 Å². The van der Waals surface area contributed by atoms with Crippen LogP contribution in [0.3, 0.4) is 0 Å². The van der Waals surface area contributed by atoms with Gasteiger partial charge in [-0.1, -0.05) is 0 Å². The van der Waals surface area contributed by atoms with Gasteiger partial charge in [-0.2, -0.15) is 0 Å². The molecule has 0 radical (unpaired) electrons. The monoisotopic (exact) mass is 297 g/mol. The molecular formula is C15H23NO5. The molecule has 3 rings (SSSR count). The van der Waals surface area contributed by atoms with Crippen molar-refractivity contribution < 1.29 is 24.2 Å². The molecular weight excluding hydrogens is 274 g/mol. The third kappa shape index (κ3) is 2.34. The van der Waals surface area contributed by atoms with Gasteiger partial charge in [0.15, 0.2) is 0 Å². The maximum atomic E-state index is 12.5. The average molecular weight is 297 g/mol. The van der Waals surface area contributed by atoms with Crippen LogP contribution in [0.4, 0.5) is 0 Å². The van der Waals surface area contributed by atoms with Gasteiger partial charge in [-0.25, -0.2) is 0 Å². The molecule has 1 saturated carbocycles. The highest BCUT2D eigenvalue weighted by Gasteiger charge is 2.55. The van der Waals surface area contributed by atoms with E-state index in [0.717, 1.165) is 19.3 Å². The molecule has 1 N–H and O–H groups in total. The number of carboxylic acids is 1. The number of amides is 1. The van der Waals surface area contributed by atoms with Gasteiger partial charge >= 0.3 is 5.97 Å². The fourth-order valence-corrected chi connectivity index (χ4v) is 3.90. The van der Waals surface area contributed by atoms with E-state index < -0.39 is 11.4 Å². The summed E-state index contributed by atoms with van der Waals surface area (Å²) < 4.78 is 10.9. The van der Waals surface area contributed by atoms with E-state index in [1.54, 1.807) is 12.0 Å². The van der Waals surface area contributed by atoms with Crippen LogP contribution >= 0.6 is 0 Å². The minimum atomic E-state index is -0.812. The molecule has 0 unspecified atom stereocenters. The Morgan fingerprint density at radius 2 is 2.14 bits per heavy atom. The fourth-order valence-electron chi connectivity index (χ4n) is 3.90. The Labute approximate surface area is 124 Å². The predicted molar refractivity (Wildman–Crippen MR) is 73.8 cm³/mol. The zero-order chi connectivity index (χ0) is 15.1. The topological polar surface area (TPSA) is 76.1 Å². The molecule has 0 aromatic heterocycles. The molecule has 6 heteroatoms. The maximum absolute atomic E-state index is 12.5. The summed E-state index contributed by atoms with van der Waals surface area (Å²) in [5.74, 6) is -0.865. The average Bonchev–Trinajstić information content (AvgIpc) is 2.83. The Morgan fingerprint density at radius 1 is 1.38 bits per heavy atom. The Hall–Kier alpha value is -1.14. The third-order valence-corrected chi connectivity index (χ3v) is 5.66. The maximum Gasteiger partial charge on any atom is 0.311 e. The lowest BCUT2D eigenvalue weighted by atomic mass is 9.74. The number of fused-ring (bicyclic) bond motifs is 1. The highest BCUT2D eigenvalue weighted by atomic mass is 16.5. The number of methoxy groups -OCH3 is 1. The fraction of sp³-hybridized carbons (Fsp3) is 0.867. The van der Waals surface area contributed by atoms with Crippen molar-refractivity contribution in [1.82, 2.24) is 4.90 Å². The van der Waals surface area contributed by atoms with Gasteiger partial charge in [-0.15, -0.1) is 0 Å². The normalized spacial score (nSPS) is 34.1. The van der Waals surface area contributed by atoms with Gasteiger partial charge in [0.25, 0.3) is 0 Å². The first-order valence-electron chi connectivity index (χ1n) is 7.65. The van der Waals surface area contributed by atoms with E-state index in [4.69, 9.17) is 9.47 Å². The minimum absolute atomic E-state index is 0.0200. The number of carboxylic acid groups (broad SMARTS) is 1. The van der Waals surface area contributed by atoms with E-state index in [0.29, 0.717) is 39.1 Å². The van der Waals surface area contributed by atoms with E-state index in [-0.39, 0.29) is 17.4 Å². The zero-order valence-corrected chi connectivity index (χ0v) is 12.5. The highest BCUT2D eigenvalue weighted by Crippen LogP contribution is 2.44. The van der Waals surface area contributed by atoms with Gasteiger partial charge in [0.1, 0.15) is 0 Å². The van der Waals surface area contributed by atoms with Crippen molar-refractivity contribution in [3.05, 3.63) is 0 Å². The summed E-state index contributed by atoms with van der Waals surface area (Å²) in [7, 11) is 1.66. The van der Waals surface area contributed by atoms with Gasteiger partial charge in [-0.3, -0.25) is 9.59 Å². The van der Waals surface area contributed by atoms with Crippen LogP contribution in [-0.2, 0) is 19.1 Å². The molecule has 21 heavy (non-hydrogen) atoms. The number of nitrogens with zero attached hydrogens (tertiary/aromatic N) is 1. The molecule has 3 aliphatic rings. The molecule has 1 aliphatic carbocycles. The summed E-state index contributed by atoms with van der Waals surface area (Å²) in [5, 5.41) is 9.62. The Kier molecular flexibility index (Phi) is 3.69. The predicted octanol–water partition coefficient (Wildman–Crippen LogP) is 0.895. The standard InChI is InChI=1S/C15H23NO5/c1-20-14(3-2-4-14)7-12(17)16-8-11-9-21-6-5-15(11,10-16)13(18)19/h11H,2-10H2,1H3,(H,18,19)/t11-,15+/m0/s1. The molecule has 2 atom stereocenters. The molecule has 118 valence electrons. The second-order valence-corrected chi connectivity index (χ2v) is 6.67. The van der Waals surface area contributed by atoms with Crippen LogP contribution in [0.2, 0.25) is 0 Å². The second-order valence-electron chi connectivity index (χ2n) is 6.67. The molecule has 0 spiro atoms. The molecule has 2 heterocycles.